The summed E-state index contributed by atoms with van der Waals surface area (Å²) >= 11 is 3.30. The van der Waals surface area contributed by atoms with E-state index in [-0.39, 0.29) is 24.4 Å². The zero-order chi connectivity index (χ0) is 15.2. The van der Waals surface area contributed by atoms with Crippen LogP contribution in [0.5, 0.6) is 0 Å². The number of nitrogens with one attached hydrogen (secondary N) is 3. The number of aromatic amines is 1. The van der Waals surface area contributed by atoms with Gasteiger partial charge in [-0.1, -0.05) is 22.0 Å². The van der Waals surface area contributed by atoms with Crippen LogP contribution < -0.4 is 10.6 Å². The highest BCUT2D eigenvalue weighted by atomic mass is 79.9. The Labute approximate surface area is 130 Å². The van der Waals surface area contributed by atoms with E-state index in [1.165, 1.54) is 0 Å². The number of carbonyl (C=O) groups is 2. The molecule has 1 aromatic carbocycles. The molecule has 1 atom stereocenters. The molecule has 110 valence electrons. The average Bonchev–Trinajstić information content (AvgIpc) is 2.99. The van der Waals surface area contributed by atoms with Gasteiger partial charge < -0.3 is 10.6 Å². The summed E-state index contributed by atoms with van der Waals surface area (Å²) in [4.78, 5) is 23.7. The molecule has 7 heteroatoms. The standard InChI is InChI=1S/C14H15BrN4O2/c1-9(11-6-17-18-7-11)19-13(20)8-16-14(21)10-3-2-4-12(15)5-10/h2-7,9H,8H2,1H3,(H,16,21)(H,17,18)(H,19,20). The Morgan fingerprint density at radius 1 is 1.43 bits per heavy atom. The Morgan fingerprint density at radius 3 is 2.90 bits per heavy atom. The van der Waals surface area contributed by atoms with Crippen LogP contribution in [0.1, 0.15) is 28.9 Å². The van der Waals surface area contributed by atoms with Crippen molar-refractivity contribution >= 4 is 27.7 Å². The molecule has 3 N–H and O–H groups in total. The van der Waals surface area contributed by atoms with Gasteiger partial charge >= 0.3 is 0 Å². The number of aromatic nitrogens is 2. The molecule has 0 saturated carbocycles. The Balaban J connectivity index is 1.82. The number of carbonyl (C=O) groups excluding carboxylic acids is 2. The van der Waals surface area contributed by atoms with E-state index in [1.54, 1.807) is 30.6 Å². The molecule has 1 aromatic heterocycles. The van der Waals surface area contributed by atoms with E-state index in [1.807, 2.05) is 13.0 Å². The fourth-order valence-corrected chi connectivity index (χ4v) is 2.17. The molecule has 1 unspecified atom stereocenters. The van der Waals surface area contributed by atoms with Crippen LogP contribution in [-0.4, -0.2) is 28.6 Å². The Morgan fingerprint density at radius 2 is 2.24 bits per heavy atom. The van der Waals surface area contributed by atoms with Gasteiger partial charge in [0.15, 0.2) is 0 Å². The largest absolute Gasteiger partial charge is 0.348 e. The Hall–Kier alpha value is -2.15. The van der Waals surface area contributed by atoms with E-state index < -0.39 is 0 Å². The molecule has 0 aliphatic rings. The Kier molecular flexibility index (Phi) is 5.10. The molecule has 6 nitrogen and oxygen atoms in total. The van der Waals surface area contributed by atoms with Gasteiger partial charge in [0, 0.05) is 21.8 Å². The summed E-state index contributed by atoms with van der Waals surface area (Å²) in [6.07, 6.45) is 3.36. The molecular weight excluding hydrogens is 336 g/mol. The summed E-state index contributed by atoms with van der Waals surface area (Å²) < 4.78 is 0.813. The molecule has 2 rings (SSSR count). The first-order valence-electron chi connectivity index (χ1n) is 6.38. The Bertz CT molecular complexity index is 628. The van der Waals surface area contributed by atoms with Gasteiger partial charge in [-0.2, -0.15) is 5.10 Å². The van der Waals surface area contributed by atoms with Crippen LogP contribution in [0.15, 0.2) is 41.1 Å². The summed E-state index contributed by atoms with van der Waals surface area (Å²) in [7, 11) is 0. The number of H-pyrrole nitrogens is 1. The van der Waals surface area contributed by atoms with Crippen molar-refractivity contribution in [1.82, 2.24) is 20.8 Å². The molecule has 2 amide bonds. The predicted octanol–water partition coefficient (Wildman–Crippen LogP) is 1.78. The van der Waals surface area contributed by atoms with Gasteiger partial charge in [0.25, 0.3) is 5.91 Å². The number of rotatable bonds is 5. The number of nitrogens with zero attached hydrogens (tertiary/aromatic N) is 1. The van der Waals surface area contributed by atoms with Crippen LogP contribution in [-0.2, 0) is 4.79 Å². The molecule has 0 aliphatic carbocycles. The van der Waals surface area contributed by atoms with Gasteiger partial charge in [-0.3, -0.25) is 14.7 Å². The zero-order valence-electron chi connectivity index (χ0n) is 11.4. The monoisotopic (exact) mass is 350 g/mol. The summed E-state index contributed by atoms with van der Waals surface area (Å²) in [5, 5.41) is 11.9. The third-order valence-corrected chi connectivity index (χ3v) is 3.39. The van der Waals surface area contributed by atoms with Gasteiger partial charge in [-0.05, 0) is 25.1 Å². The average molecular weight is 351 g/mol. The van der Waals surface area contributed by atoms with E-state index in [0.29, 0.717) is 5.56 Å². The van der Waals surface area contributed by atoms with E-state index in [0.717, 1.165) is 10.0 Å². The topological polar surface area (TPSA) is 86.9 Å². The minimum Gasteiger partial charge on any atom is -0.348 e. The first-order chi connectivity index (χ1) is 10.1. The van der Waals surface area contributed by atoms with E-state index in [9.17, 15) is 9.59 Å². The molecule has 0 fully saturated rings. The van der Waals surface area contributed by atoms with Crippen molar-refractivity contribution in [2.45, 2.75) is 13.0 Å². The highest BCUT2D eigenvalue weighted by molar-refractivity contribution is 9.10. The lowest BCUT2D eigenvalue weighted by Crippen LogP contribution is -2.37. The normalized spacial score (nSPS) is 11.7. The third-order valence-electron chi connectivity index (χ3n) is 2.89. The quantitative estimate of drug-likeness (QED) is 0.768. The lowest BCUT2D eigenvalue weighted by atomic mass is 10.2. The van der Waals surface area contributed by atoms with Crippen LogP contribution in [0.4, 0.5) is 0 Å². The molecule has 2 aromatic rings. The summed E-state index contributed by atoms with van der Waals surface area (Å²) in [6, 6.07) is 6.81. The maximum atomic E-state index is 11.9. The van der Waals surface area contributed by atoms with Crippen molar-refractivity contribution < 1.29 is 9.59 Å². The van der Waals surface area contributed by atoms with E-state index in [4.69, 9.17) is 0 Å². The lowest BCUT2D eigenvalue weighted by molar-refractivity contribution is -0.120. The lowest BCUT2D eigenvalue weighted by Gasteiger charge is -2.12. The molecule has 0 saturated heterocycles. The number of amides is 2. The molecule has 21 heavy (non-hydrogen) atoms. The van der Waals surface area contributed by atoms with Crippen molar-refractivity contribution in [3.8, 4) is 0 Å². The SMILES string of the molecule is CC(NC(=O)CNC(=O)c1cccc(Br)c1)c1cn[nH]c1. The predicted molar refractivity (Wildman–Crippen MR) is 81.6 cm³/mol. The van der Waals surface area contributed by atoms with Crippen LogP contribution in [0.3, 0.4) is 0 Å². The second kappa shape index (κ2) is 7.03. The van der Waals surface area contributed by atoms with Crippen LogP contribution >= 0.6 is 15.9 Å². The van der Waals surface area contributed by atoms with E-state index >= 15 is 0 Å². The number of hydrogen-bond donors (Lipinski definition) is 3. The fraction of sp³-hybridized carbons (Fsp3) is 0.214. The molecule has 1 heterocycles. The van der Waals surface area contributed by atoms with Crippen molar-refractivity contribution in [3.05, 3.63) is 52.3 Å². The van der Waals surface area contributed by atoms with Crippen molar-refractivity contribution in [1.29, 1.82) is 0 Å². The fourth-order valence-electron chi connectivity index (χ4n) is 1.77. The van der Waals surface area contributed by atoms with Crippen LogP contribution in [0.2, 0.25) is 0 Å². The first-order valence-corrected chi connectivity index (χ1v) is 7.17. The van der Waals surface area contributed by atoms with Gasteiger partial charge in [0.1, 0.15) is 0 Å². The van der Waals surface area contributed by atoms with Crippen LogP contribution in [0.25, 0.3) is 0 Å². The van der Waals surface area contributed by atoms with Gasteiger partial charge in [0.05, 0.1) is 18.8 Å². The first kappa shape index (κ1) is 15.2. The van der Waals surface area contributed by atoms with Crippen LogP contribution in [0, 0.1) is 0 Å². The van der Waals surface area contributed by atoms with E-state index in [2.05, 4.69) is 36.8 Å². The number of hydrogen-bond acceptors (Lipinski definition) is 3. The van der Waals surface area contributed by atoms with Gasteiger partial charge in [0.2, 0.25) is 5.91 Å². The molecule has 0 radical (unpaired) electrons. The van der Waals surface area contributed by atoms with Gasteiger partial charge in [-0.15, -0.1) is 0 Å². The maximum Gasteiger partial charge on any atom is 0.251 e. The maximum absolute atomic E-state index is 11.9. The second-order valence-corrected chi connectivity index (χ2v) is 5.43. The zero-order valence-corrected chi connectivity index (χ0v) is 13.0. The second-order valence-electron chi connectivity index (χ2n) is 4.51. The van der Waals surface area contributed by atoms with Crippen molar-refractivity contribution in [2.75, 3.05) is 6.54 Å². The minimum atomic E-state index is -0.289. The highest BCUT2D eigenvalue weighted by Crippen LogP contribution is 2.11. The van der Waals surface area contributed by atoms with Gasteiger partial charge in [-0.25, -0.2) is 0 Å². The molecular formula is C14H15BrN4O2. The minimum absolute atomic E-state index is 0.0759. The third kappa shape index (κ3) is 4.42. The molecule has 0 spiro atoms. The smallest absolute Gasteiger partial charge is 0.251 e. The summed E-state index contributed by atoms with van der Waals surface area (Å²) in [5.41, 5.74) is 1.38. The number of benzene rings is 1. The molecule has 0 bridgehead atoms. The number of halogens is 1. The summed E-state index contributed by atoms with van der Waals surface area (Å²) in [5.74, 6) is -0.547. The molecule has 0 aliphatic heterocycles. The van der Waals surface area contributed by atoms with Crippen molar-refractivity contribution in [2.24, 2.45) is 0 Å². The highest BCUT2D eigenvalue weighted by Gasteiger charge is 2.12. The van der Waals surface area contributed by atoms with Crippen molar-refractivity contribution in [3.63, 3.8) is 0 Å². The summed E-state index contributed by atoms with van der Waals surface area (Å²) in [6.45, 7) is 1.77.